The number of hydrogen-bond donors (Lipinski definition) is 0. The van der Waals surface area contributed by atoms with Crippen molar-refractivity contribution < 1.29 is 0 Å². The smallest absolute Gasteiger partial charge is 0.158 e. The minimum atomic E-state index is -0.126. The van der Waals surface area contributed by atoms with Crippen LogP contribution in [0.15, 0.2) is 152 Å². The lowest BCUT2D eigenvalue weighted by Gasteiger charge is -2.51. The summed E-state index contributed by atoms with van der Waals surface area (Å²) in [7, 11) is 0. The van der Waals surface area contributed by atoms with Gasteiger partial charge in [-0.15, -0.1) is 0 Å². The van der Waals surface area contributed by atoms with Gasteiger partial charge < -0.3 is 19.6 Å². The second-order valence-corrected chi connectivity index (χ2v) is 12.3. The lowest BCUT2D eigenvalue weighted by molar-refractivity contribution is 0.328. The molecule has 2 aromatic heterocycles. The third-order valence-electron chi connectivity index (χ3n) is 10.1. The van der Waals surface area contributed by atoms with Gasteiger partial charge >= 0.3 is 0 Å². The zero-order valence-electron chi connectivity index (χ0n) is 25.1. The number of para-hydroxylation sites is 4. The number of fused-ring (bicyclic) bond motifs is 14. The number of nitrogens with zero attached hydrogens (tertiary/aromatic N) is 6. The molecular formula is C40H30N6. The number of pyridine rings is 2. The van der Waals surface area contributed by atoms with Crippen LogP contribution in [0.5, 0.6) is 0 Å². The predicted molar refractivity (Wildman–Crippen MR) is 186 cm³/mol. The van der Waals surface area contributed by atoms with Crippen LogP contribution >= 0.6 is 0 Å². The molecule has 4 aliphatic heterocycles. The molecule has 0 N–H and O–H groups in total. The van der Waals surface area contributed by atoms with Crippen LogP contribution in [0.2, 0.25) is 0 Å². The fourth-order valence-corrected chi connectivity index (χ4v) is 8.47. The Morgan fingerprint density at radius 1 is 0.457 bits per heavy atom. The Bertz CT molecular complexity index is 2150. The number of anilines is 8. The maximum atomic E-state index is 5.07. The zero-order chi connectivity index (χ0) is 30.4. The van der Waals surface area contributed by atoms with Crippen molar-refractivity contribution in [2.75, 3.05) is 19.6 Å². The lowest BCUT2D eigenvalue weighted by atomic mass is 9.72. The standard InChI is InChI=1S/C40H30N6/c1-26-29-18-8-10-20-31(29)45-34-23-13-24-41-37(34)44(28-16-6-3-7-17-28)40(45)36-35(26)30-19-9-11-21-32(30)46-38-33(22-12-25-42-38)43(39(36)46)27-14-4-2-5-15-27/h2-25,35-36,39-40H,1H2. The maximum absolute atomic E-state index is 5.07. The third-order valence-corrected chi connectivity index (χ3v) is 10.1. The highest BCUT2D eigenvalue weighted by atomic mass is 15.5. The average Bonchev–Trinajstić information content (AvgIpc) is 3.62. The molecule has 0 saturated heterocycles. The van der Waals surface area contributed by atoms with Gasteiger partial charge in [0.25, 0.3) is 0 Å². The summed E-state index contributed by atoms with van der Waals surface area (Å²) in [5, 5.41) is 0. The molecule has 0 radical (unpaired) electrons. The van der Waals surface area contributed by atoms with Crippen molar-refractivity contribution >= 4 is 51.3 Å². The van der Waals surface area contributed by atoms with Crippen molar-refractivity contribution in [3.05, 3.63) is 164 Å². The van der Waals surface area contributed by atoms with E-state index in [0.717, 1.165) is 45.6 Å². The molecule has 6 heteroatoms. The summed E-state index contributed by atoms with van der Waals surface area (Å²) in [5.41, 5.74) is 10.4. The van der Waals surface area contributed by atoms with Gasteiger partial charge in [-0.1, -0.05) is 79.4 Å². The van der Waals surface area contributed by atoms with Crippen LogP contribution in [-0.2, 0) is 0 Å². The molecule has 4 atom stereocenters. The van der Waals surface area contributed by atoms with E-state index >= 15 is 0 Å². The molecule has 10 rings (SSSR count). The molecule has 220 valence electrons. The number of aromatic nitrogens is 2. The number of benzene rings is 4. The summed E-state index contributed by atoms with van der Waals surface area (Å²) >= 11 is 0. The molecule has 0 saturated carbocycles. The predicted octanol–water partition coefficient (Wildman–Crippen LogP) is 9.15. The van der Waals surface area contributed by atoms with Gasteiger partial charge in [-0.25, -0.2) is 9.97 Å². The Kier molecular flexibility index (Phi) is 5.29. The number of allylic oxidation sites excluding steroid dienone is 1. The van der Waals surface area contributed by atoms with Crippen LogP contribution in [0.4, 0.5) is 45.8 Å². The van der Waals surface area contributed by atoms with Gasteiger partial charge in [0.15, 0.2) is 11.6 Å². The number of rotatable bonds is 2. The van der Waals surface area contributed by atoms with E-state index in [4.69, 9.17) is 16.5 Å². The van der Waals surface area contributed by atoms with Crippen LogP contribution in [0.1, 0.15) is 17.0 Å². The van der Waals surface area contributed by atoms with Crippen LogP contribution in [0.25, 0.3) is 5.57 Å². The normalized spacial score (nSPS) is 21.8. The summed E-state index contributed by atoms with van der Waals surface area (Å²) in [5.74, 6) is 1.94. The molecule has 4 aliphatic rings. The Hall–Kier alpha value is -5.88. The van der Waals surface area contributed by atoms with Gasteiger partial charge in [0.1, 0.15) is 12.3 Å². The first-order valence-corrected chi connectivity index (χ1v) is 15.9. The minimum absolute atomic E-state index is 0.00128. The summed E-state index contributed by atoms with van der Waals surface area (Å²) in [4.78, 5) is 20.1. The molecule has 6 aromatic rings. The van der Waals surface area contributed by atoms with E-state index in [2.05, 4.69) is 153 Å². The van der Waals surface area contributed by atoms with E-state index in [-0.39, 0.29) is 24.2 Å². The zero-order valence-corrected chi connectivity index (χ0v) is 25.1. The molecular weight excluding hydrogens is 564 g/mol. The Morgan fingerprint density at radius 3 is 1.70 bits per heavy atom. The third kappa shape index (κ3) is 3.30. The largest absolute Gasteiger partial charge is 0.316 e. The topological polar surface area (TPSA) is 38.7 Å². The van der Waals surface area contributed by atoms with Crippen LogP contribution in [-0.4, -0.2) is 22.3 Å². The van der Waals surface area contributed by atoms with E-state index in [1.165, 1.54) is 16.8 Å². The summed E-state index contributed by atoms with van der Waals surface area (Å²) < 4.78 is 0. The van der Waals surface area contributed by atoms with Gasteiger partial charge in [-0.3, -0.25) is 0 Å². The Labute approximate surface area is 268 Å². The first-order chi connectivity index (χ1) is 22.8. The summed E-state index contributed by atoms with van der Waals surface area (Å²) in [6, 6.07) is 47.7. The first-order valence-electron chi connectivity index (χ1n) is 15.9. The monoisotopic (exact) mass is 594 g/mol. The molecule has 6 nitrogen and oxygen atoms in total. The Morgan fingerprint density at radius 2 is 0.978 bits per heavy atom. The summed E-state index contributed by atoms with van der Waals surface area (Å²) in [6.07, 6.45) is 3.60. The second-order valence-electron chi connectivity index (χ2n) is 12.3. The molecule has 0 bridgehead atoms. The Balaban J connectivity index is 1.33. The van der Waals surface area contributed by atoms with Crippen molar-refractivity contribution in [2.24, 2.45) is 5.92 Å². The average molecular weight is 595 g/mol. The fraction of sp³-hybridized carbons (Fsp3) is 0.100. The van der Waals surface area contributed by atoms with Crippen molar-refractivity contribution in [1.29, 1.82) is 0 Å². The van der Waals surface area contributed by atoms with Crippen molar-refractivity contribution in [1.82, 2.24) is 9.97 Å². The molecule has 6 heterocycles. The van der Waals surface area contributed by atoms with Crippen molar-refractivity contribution in [2.45, 2.75) is 18.2 Å². The highest BCUT2D eigenvalue weighted by molar-refractivity contribution is 5.96. The second kappa shape index (κ2) is 9.56. The molecule has 0 aliphatic carbocycles. The molecule has 0 spiro atoms. The van der Waals surface area contributed by atoms with E-state index < -0.39 is 0 Å². The van der Waals surface area contributed by atoms with Crippen molar-refractivity contribution in [3.63, 3.8) is 0 Å². The van der Waals surface area contributed by atoms with Gasteiger partial charge in [-0.05, 0) is 71.8 Å². The quantitative estimate of drug-likeness (QED) is 0.199. The first kappa shape index (κ1) is 25.4. The lowest BCUT2D eigenvalue weighted by Crippen LogP contribution is -2.59. The molecule has 0 amide bonds. The van der Waals surface area contributed by atoms with E-state index in [0.29, 0.717) is 0 Å². The van der Waals surface area contributed by atoms with Crippen LogP contribution < -0.4 is 19.6 Å². The van der Waals surface area contributed by atoms with Gasteiger partial charge in [-0.2, -0.15) is 0 Å². The van der Waals surface area contributed by atoms with Crippen LogP contribution in [0.3, 0.4) is 0 Å². The highest BCUT2D eigenvalue weighted by Crippen LogP contribution is 2.64. The van der Waals surface area contributed by atoms with E-state index in [1.54, 1.807) is 0 Å². The molecule has 4 aromatic carbocycles. The highest BCUT2D eigenvalue weighted by Gasteiger charge is 2.59. The fourth-order valence-electron chi connectivity index (χ4n) is 8.47. The van der Waals surface area contributed by atoms with Crippen LogP contribution in [0, 0.1) is 5.92 Å². The number of hydrogen-bond acceptors (Lipinski definition) is 6. The molecule has 0 fully saturated rings. The van der Waals surface area contributed by atoms with Crippen molar-refractivity contribution in [3.8, 4) is 0 Å². The maximum Gasteiger partial charge on any atom is 0.158 e. The van der Waals surface area contributed by atoms with Gasteiger partial charge in [0.05, 0.1) is 17.1 Å². The van der Waals surface area contributed by atoms with Gasteiger partial charge in [0.2, 0.25) is 0 Å². The van der Waals surface area contributed by atoms with E-state index in [9.17, 15) is 0 Å². The summed E-state index contributed by atoms with van der Waals surface area (Å²) in [6.45, 7) is 4.93. The van der Waals surface area contributed by atoms with E-state index in [1.807, 2.05) is 12.4 Å². The molecule has 4 unspecified atom stereocenters. The van der Waals surface area contributed by atoms with Gasteiger partial charge in [0, 0.05) is 46.9 Å². The molecule has 46 heavy (non-hydrogen) atoms. The minimum Gasteiger partial charge on any atom is -0.316 e. The SMILES string of the molecule is C=C1c2ccccc2N2c3cccnc3N(c3ccccc3)C2C2C1c1ccccc1N1c3ncccc3N(c3ccccc3)C21.